The average Bonchev–Trinajstić information content (AvgIpc) is 2.55. The number of benzene rings is 1. The van der Waals surface area contributed by atoms with E-state index >= 15 is 0 Å². The summed E-state index contributed by atoms with van der Waals surface area (Å²) >= 11 is 0. The number of ether oxygens (including phenoxy) is 1. The summed E-state index contributed by atoms with van der Waals surface area (Å²) in [5.74, 6) is 1.17. The van der Waals surface area contributed by atoms with Crippen LogP contribution in [0.5, 0.6) is 5.75 Å². The molecule has 22 heavy (non-hydrogen) atoms. The normalized spacial score (nSPS) is 23.4. The lowest BCUT2D eigenvalue weighted by Gasteiger charge is -2.30. The average molecular weight is 300 g/mol. The minimum Gasteiger partial charge on any atom is -0.497 e. The molecule has 1 aromatic carbocycles. The van der Waals surface area contributed by atoms with Gasteiger partial charge in [0.05, 0.1) is 18.7 Å². The summed E-state index contributed by atoms with van der Waals surface area (Å²) in [4.78, 5) is 4.39. The molecule has 4 heteroatoms. The number of pyridine rings is 1. The quantitative estimate of drug-likeness (QED) is 0.911. The van der Waals surface area contributed by atoms with E-state index in [1.807, 2.05) is 30.5 Å². The maximum absolute atomic E-state index is 10.6. The summed E-state index contributed by atoms with van der Waals surface area (Å²) in [7, 11) is 1.66. The van der Waals surface area contributed by atoms with Gasteiger partial charge in [0.25, 0.3) is 0 Å². The van der Waals surface area contributed by atoms with Gasteiger partial charge in [-0.3, -0.25) is 4.98 Å². The van der Waals surface area contributed by atoms with E-state index in [0.29, 0.717) is 18.4 Å². The Labute approximate surface area is 131 Å². The first-order valence-electron chi connectivity index (χ1n) is 8.02. The second-order valence-electron chi connectivity index (χ2n) is 6.30. The molecule has 0 saturated heterocycles. The molecule has 2 aromatic rings. The lowest BCUT2D eigenvalue weighted by Crippen LogP contribution is -2.32. The molecule has 0 radical (unpaired) electrons. The lowest BCUT2D eigenvalue weighted by atomic mass is 9.81. The SMILES string of the molecule is COc1ccc2nccc(C[C@H](O)C3CCC(N)CC3)c2c1. The fourth-order valence-corrected chi connectivity index (χ4v) is 3.41. The van der Waals surface area contributed by atoms with Crippen molar-refractivity contribution in [1.29, 1.82) is 0 Å². The zero-order valence-corrected chi connectivity index (χ0v) is 13.0. The van der Waals surface area contributed by atoms with E-state index in [-0.39, 0.29) is 6.10 Å². The molecule has 118 valence electrons. The summed E-state index contributed by atoms with van der Waals surface area (Å²) in [6, 6.07) is 8.19. The Kier molecular flexibility index (Phi) is 4.60. The fourth-order valence-electron chi connectivity index (χ4n) is 3.41. The third-order valence-corrected chi connectivity index (χ3v) is 4.83. The molecule has 0 amide bonds. The minimum absolute atomic E-state index is 0.314. The summed E-state index contributed by atoms with van der Waals surface area (Å²) < 4.78 is 5.31. The summed E-state index contributed by atoms with van der Waals surface area (Å²) in [6.45, 7) is 0. The molecule has 1 atom stereocenters. The molecule has 1 aliphatic rings. The zero-order valence-electron chi connectivity index (χ0n) is 13.0. The van der Waals surface area contributed by atoms with E-state index in [1.165, 1.54) is 0 Å². The number of rotatable bonds is 4. The van der Waals surface area contributed by atoms with Crippen molar-refractivity contribution < 1.29 is 9.84 Å². The van der Waals surface area contributed by atoms with Gasteiger partial charge >= 0.3 is 0 Å². The molecule has 4 nitrogen and oxygen atoms in total. The lowest BCUT2D eigenvalue weighted by molar-refractivity contribution is 0.0819. The molecule has 1 fully saturated rings. The van der Waals surface area contributed by atoms with Crippen LogP contribution in [0.15, 0.2) is 30.5 Å². The van der Waals surface area contributed by atoms with Crippen LogP contribution in [-0.2, 0) is 6.42 Å². The highest BCUT2D eigenvalue weighted by molar-refractivity contribution is 5.83. The Hall–Kier alpha value is -1.65. The smallest absolute Gasteiger partial charge is 0.119 e. The molecule has 1 saturated carbocycles. The summed E-state index contributed by atoms with van der Waals surface area (Å²) in [6.07, 6.45) is 6.24. The zero-order chi connectivity index (χ0) is 15.5. The number of hydrogen-bond acceptors (Lipinski definition) is 4. The second kappa shape index (κ2) is 6.63. The number of aromatic nitrogens is 1. The number of fused-ring (bicyclic) bond motifs is 1. The van der Waals surface area contributed by atoms with E-state index in [0.717, 1.165) is 47.9 Å². The van der Waals surface area contributed by atoms with Crippen molar-refractivity contribution in [3.05, 3.63) is 36.0 Å². The Balaban J connectivity index is 1.80. The standard InChI is InChI=1S/C18H24N2O2/c1-22-15-6-7-17-16(11-15)13(8-9-20-17)10-18(21)12-2-4-14(19)5-3-12/h6-9,11-12,14,18,21H,2-5,10,19H2,1H3/t12?,14?,18-/m0/s1. The Morgan fingerprint density at radius 1 is 1.27 bits per heavy atom. The highest BCUT2D eigenvalue weighted by Crippen LogP contribution is 2.29. The highest BCUT2D eigenvalue weighted by Gasteiger charge is 2.25. The van der Waals surface area contributed by atoms with E-state index in [4.69, 9.17) is 10.5 Å². The fraction of sp³-hybridized carbons (Fsp3) is 0.500. The van der Waals surface area contributed by atoms with Gasteiger partial charge in [0.1, 0.15) is 5.75 Å². The third kappa shape index (κ3) is 3.23. The van der Waals surface area contributed by atoms with E-state index < -0.39 is 0 Å². The maximum Gasteiger partial charge on any atom is 0.119 e. The molecule has 0 spiro atoms. The van der Waals surface area contributed by atoms with Crippen molar-refractivity contribution >= 4 is 10.9 Å². The predicted octanol–water partition coefficient (Wildman–Crippen LogP) is 2.66. The van der Waals surface area contributed by atoms with Crippen molar-refractivity contribution in [1.82, 2.24) is 4.98 Å². The number of methoxy groups -OCH3 is 1. The molecule has 3 rings (SSSR count). The van der Waals surface area contributed by atoms with Crippen LogP contribution >= 0.6 is 0 Å². The number of aliphatic hydroxyl groups is 1. The van der Waals surface area contributed by atoms with Crippen LogP contribution in [0.3, 0.4) is 0 Å². The predicted molar refractivity (Wildman–Crippen MR) is 87.9 cm³/mol. The molecular weight excluding hydrogens is 276 g/mol. The molecule has 3 N–H and O–H groups in total. The van der Waals surface area contributed by atoms with Crippen LogP contribution in [0, 0.1) is 5.92 Å². The van der Waals surface area contributed by atoms with Crippen LogP contribution in [0.2, 0.25) is 0 Å². The Morgan fingerprint density at radius 2 is 2.05 bits per heavy atom. The van der Waals surface area contributed by atoms with Gasteiger partial charge in [-0.25, -0.2) is 0 Å². The van der Waals surface area contributed by atoms with Gasteiger partial charge in [-0.15, -0.1) is 0 Å². The largest absolute Gasteiger partial charge is 0.497 e. The van der Waals surface area contributed by atoms with Crippen LogP contribution < -0.4 is 10.5 Å². The van der Waals surface area contributed by atoms with E-state index in [1.54, 1.807) is 7.11 Å². The van der Waals surface area contributed by atoms with E-state index in [2.05, 4.69) is 4.98 Å². The van der Waals surface area contributed by atoms with E-state index in [9.17, 15) is 5.11 Å². The van der Waals surface area contributed by atoms with Gasteiger partial charge in [0.2, 0.25) is 0 Å². The van der Waals surface area contributed by atoms with Crippen LogP contribution in [0.1, 0.15) is 31.2 Å². The summed E-state index contributed by atoms with van der Waals surface area (Å²) in [5, 5.41) is 11.7. The topological polar surface area (TPSA) is 68.4 Å². The molecule has 1 aliphatic carbocycles. The summed E-state index contributed by atoms with van der Waals surface area (Å²) in [5.41, 5.74) is 8.02. The van der Waals surface area contributed by atoms with Crippen LogP contribution in [0.4, 0.5) is 0 Å². The molecule has 0 bridgehead atoms. The second-order valence-corrected chi connectivity index (χ2v) is 6.30. The van der Waals surface area contributed by atoms with Gasteiger partial charge in [0.15, 0.2) is 0 Å². The number of aliphatic hydroxyl groups excluding tert-OH is 1. The van der Waals surface area contributed by atoms with Crippen LogP contribution in [0.25, 0.3) is 10.9 Å². The Bertz CT molecular complexity index is 636. The number of hydrogen-bond donors (Lipinski definition) is 2. The molecule has 1 aromatic heterocycles. The first-order valence-corrected chi connectivity index (χ1v) is 8.02. The maximum atomic E-state index is 10.6. The first kappa shape index (κ1) is 15.3. The third-order valence-electron chi connectivity index (χ3n) is 4.83. The first-order chi connectivity index (χ1) is 10.7. The van der Waals surface area contributed by atoms with Crippen molar-refractivity contribution in [2.24, 2.45) is 11.7 Å². The van der Waals surface area contributed by atoms with Gasteiger partial charge < -0.3 is 15.6 Å². The van der Waals surface area contributed by atoms with Gasteiger partial charge in [-0.05, 0) is 67.9 Å². The number of nitrogens with zero attached hydrogens (tertiary/aromatic N) is 1. The molecule has 1 heterocycles. The van der Waals surface area contributed by atoms with Crippen molar-refractivity contribution in [2.45, 2.75) is 44.2 Å². The molecule has 0 aliphatic heterocycles. The Morgan fingerprint density at radius 3 is 2.77 bits per heavy atom. The van der Waals surface area contributed by atoms with Gasteiger partial charge in [-0.1, -0.05) is 0 Å². The van der Waals surface area contributed by atoms with Crippen LogP contribution in [-0.4, -0.2) is 29.3 Å². The van der Waals surface area contributed by atoms with Crippen molar-refractivity contribution in [3.63, 3.8) is 0 Å². The van der Waals surface area contributed by atoms with Gasteiger partial charge in [-0.2, -0.15) is 0 Å². The molecule has 0 unspecified atom stereocenters. The van der Waals surface area contributed by atoms with Crippen molar-refractivity contribution in [2.75, 3.05) is 7.11 Å². The minimum atomic E-state index is -0.315. The number of nitrogens with two attached hydrogens (primary N) is 1. The molecular formula is C18H24N2O2. The van der Waals surface area contributed by atoms with Crippen molar-refractivity contribution in [3.8, 4) is 5.75 Å². The highest BCUT2D eigenvalue weighted by atomic mass is 16.5. The monoisotopic (exact) mass is 300 g/mol. The van der Waals surface area contributed by atoms with Gasteiger partial charge in [0, 0.05) is 17.6 Å².